The van der Waals surface area contributed by atoms with Crippen LogP contribution in [-0.2, 0) is 61.6 Å². The third kappa shape index (κ3) is 13.2. The molecule has 0 amide bonds. The molecule has 0 aromatic carbocycles. The summed E-state index contributed by atoms with van der Waals surface area (Å²) in [5, 5.41) is 242. The second-order valence-corrected chi connectivity index (χ2v) is 19.6. The van der Waals surface area contributed by atoms with E-state index in [0.717, 1.165) is 0 Å². The van der Waals surface area contributed by atoms with Crippen molar-refractivity contribution >= 4 is 0 Å². The van der Waals surface area contributed by atoms with E-state index in [-0.39, 0.29) is 0 Å². The lowest BCUT2D eigenvalue weighted by atomic mass is 9.96. The summed E-state index contributed by atoms with van der Waals surface area (Å²) < 4.78 is 71.6. The van der Waals surface area contributed by atoms with Gasteiger partial charge in [0.1, 0.15) is 171 Å². The summed E-state index contributed by atoms with van der Waals surface area (Å²) >= 11 is 0. The van der Waals surface area contributed by atoms with Gasteiger partial charge in [-0.3, -0.25) is 0 Å². The molecular weight excluding hydrogens is 1080 g/mol. The molecule has 0 aliphatic carbocycles. The lowest BCUT2D eigenvalue weighted by Crippen LogP contribution is -2.67. The SMILES string of the molecule is OC[C@H]1O[C@H](O[C@H]2[C@H](O)[C@@H](O)[C@@H](O[C@H]3[C@H](O)[C@@H](O)[C@@H](OC[C@H]4O[C@H](O[C@H]5[C@H](O)[C@@H](O)[C@@H](OC[C@H]6O[C@H](O[C@H]7[C@H](O)[C@@H](O)C(O)O[C@@H]7CO)[C@H](O)[C@@H](O)[C@@H]6O)O[C@@H]5CO)[C@H](O)[C@@H](O)[C@@H]4O)O[C@@H]3CO)O[C@@H]2CO)[C@H](O)[C@@H](O)[C@@H]1O. The van der Waals surface area contributed by atoms with Crippen LogP contribution in [0.25, 0.3) is 0 Å². The fourth-order valence-electron chi connectivity index (χ4n) is 9.80. The van der Waals surface area contributed by atoms with Crippen LogP contribution < -0.4 is 0 Å². The maximum Gasteiger partial charge on any atom is 0.187 e. The maximum atomic E-state index is 11.2. The van der Waals surface area contributed by atoms with Crippen molar-refractivity contribution in [1.29, 1.82) is 0 Å². The minimum absolute atomic E-state index is 0.834. The Hall–Kier alpha value is -1.44. The predicted octanol–water partition coefficient (Wildman–Crippen LogP) is -16.3. The average Bonchev–Trinajstić information content (AvgIpc) is 3.43. The molecule has 36 heteroatoms. The first-order chi connectivity index (χ1) is 36.9. The maximum absolute atomic E-state index is 11.2. The fourth-order valence-corrected chi connectivity index (χ4v) is 9.80. The van der Waals surface area contributed by atoms with Gasteiger partial charge in [0.25, 0.3) is 0 Å². The lowest BCUT2D eigenvalue weighted by Gasteiger charge is -2.48. The van der Waals surface area contributed by atoms with E-state index in [1.165, 1.54) is 0 Å². The smallest absolute Gasteiger partial charge is 0.187 e. The summed E-state index contributed by atoms with van der Waals surface area (Å²) in [7, 11) is 0. The Balaban J connectivity index is 0.927. The Morgan fingerprint density at radius 2 is 0.449 bits per heavy atom. The Morgan fingerprint density at radius 1 is 0.218 bits per heavy atom. The molecule has 0 aromatic heterocycles. The third-order valence-corrected chi connectivity index (χ3v) is 14.5. The minimum atomic E-state index is -2.14. The second-order valence-electron chi connectivity index (χ2n) is 19.6. The highest BCUT2D eigenvalue weighted by Crippen LogP contribution is 2.36. The number of aliphatic hydroxyl groups excluding tert-OH is 23. The van der Waals surface area contributed by atoms with Crippen LogP contribution in [0.2, 0.25) is 0 Å². The van der Waals surface area contributed by atoms with Gasteiger partial charge in [-0.05, 0) is 0 Å². The summed E-state index contributed by atoms with van der Waals surface area (Å²) in [6, 6.07) is 0. The third-order valence-electron chi connectivity index (χ3n) is 14.5. The van der Waals surface area contributed by atoms with E-state index in [1.807, 2.05) is 0 Å². The van der Waals surface area contributed by atoms with Crippen LogP contribution in [-0.4, -0.2) is 379 Å². The van der Waals surface area contributed by atoms with Crippen LogP contribution in [0.15, 0.2) is 0 Å². The van der Waals surface area contributed by atoms with Gasteiger partial charge < -0.3 is 179 Å². The topological polar surface area (TPSA) is 585 Å². The van der Waals surface area contributed by atoms with E-state index < -0.39 is 261 Å². The molecule has 0 aromatic rings. The molecule has 78 heavy (non-hydrogen) atoms. The first kappa shape index (κ1) is 64.1. The molecule has 0 spiro atoms. The van der Waals surface area contributed by atoms with Crippen molar-refractivity contribution in [2.45, 2.75) is 215 Å². The fraction of sp³-hybridized carbons (Fsp3) is 1.00. The van der Waals surface area contributed by atoms with E-state index in [4.69, 9.17) is 61.6 Å². The van der Waals surface area contributed by atoms with E-state index in [9.17, 15) is 117 Å². The summed E-state index contributed by atoms with van der Waals surface area (Å²) in [5.74, 6) is 0. The zero-order valence-electron chi connectivity index (χ0n) is 40.8. The largest absolute Gasteiger partial charge is 0.394 e. The van der Waals surface area contributed by atoms with Crippen LogP contribution >= 0.6 is 0 Å². The molecule has 7 aliphatic heterocycles. The monoisotopic (exact) mass is 1150 g/mol. The molecule has 7 fully saturated rings. The molecular formula is C42H72O36. The highest BCUT2D eigenvalue weighted by molar-refractivity contribution is 4.99. The van der Waals surface area contributed by atoms with Gasteiger partial charge in [0.15, 0.2) is 44.0 Å². The summed E-state index contributed by atoms with van der Waals surface area (Å²) in [5.41, 5.74) is 0. The highest BCUT2D eigenvalue weighted by Gasteiger charge is 2.57. The summed E-state index contributed by atoms with van der Waals surface area (Å²) in [6.45, 7) is -6.41. The minimum Gasteiger partial charge on any atom is -0.394 e. The average molecular weight is 1150 g/mol. The van der Waals surface area contributed by atoms with Gasteiger partial charge in [0.2, 0.25) is 0 Å². The first-order valence-electron chi connectivity index (χ1n) is 24.7. The molecule has 0 saturated carbocycles. The molecule has 7 rings (SSSR count). The normalized spacial score (nSPS) is 53.5. The Kier molecular flexibility index (Phi) is 22.6. The molecule has 456 valence electrons. The number of rotatable bonds is 19. The van der Waals surface area contributed by atoms with Gasteiger partial charge in [-0.1, -0.05) is 0 Å². The van der Waals surface area contributed by atoms with Crippen LogP contribution in [0.1, 0.15) is 0 Å². The summed E-state index contributed by atoms with van der Waals surface area (Å²) in [6.07, 6.45) is -66.3. The van der Waals surface area contributed by atoms with Gasteiger partial charge in [-0.25, -0.2) is 0 Å². The van der Waals surface area contributed by atoms with Crippen molar-refractivity contribution in [2.24, 2.45) is 0 Å². The quantitative estimate of drug-likeness (QED) is 0.0571. The van der Waals surface area contributed by atoms with E-state index in [0.29, 0.717) is 0 Å². The van der Waals surface area contributed by atoms with Crippen LogP contribution in [0.3, 0.4) is 0 Å². The van der Waals surface area contributed by atoms with Crippen molar-refractivity contribution in [2.75, 3.05) is 46.2 Å². The number of hydrogen-bond acceptors (Lipinski definition) is 36. The Labute approximate surface area is 439 Å². The van der Waals surface area contributed by atoms with Gasteiger partial charge >= 0.3 is 0 Å². The Morgan fingerprint density at radius 3 is 0.769 bits per heavy atom. The number of aliphatic hydroxyl groups is 23. The standard InChI is InChI=1S/C42H72O36/c43-1-8-15(48)18(51)26(59)39(69-8)76-35-12(5-47)72-42(31(64)24(35)57)78-34-11(4-46)71-38(30(63)23(34)56)67-7-14-17(50)20(53)28(61)41(74-14)77-33-10(3-45)70-37(29(62)22(33)55)66-6-13-16(49)19(52)27(60)40(73-13)75-32-9(2-44)68-36(65)25(58)21(32)54/h8-65H,1-7H2/t8-,9-,10-,11-,12-,13-,14-,15-,16-,17-,18+,19+,20+,21-,22-,23-,24-,25-,26-,27-,28-,29-,30-,31-,32-,33-,34-,35-,36?,37+,38+,39-,40-,41-,42-/m1/s1. The number of hydrogen-bond donors (Lipinski definition) is 23. The zero-order valence-corrected chi connectivity index (χ0v) is 40.8. The van der Waals surface area contributed by atoms with Crippen molar-refractivity contribution < 1.29 is 179 Å². The van der Waals surface area contributed by atoms with Crippen molar-refractivity contribution in [1.82, 2.24) is 0 Å². The molecule has 7 saturated heterocycles. The van der Waals surface area contributed by atoms with Gasteiger partial charge in [0.05, 0.1) is 46.2 Å². The molecule has 7 aliphatic rings. The van der Waals surface area contributed by atoms with Crippen LogP contribution in [0.4, 0.5) is 0 Å². The van der Waals surface area contributed by atoms with E-state index in [1.54, 1.807) is 0 Å². The van der Waals surface area contributed by atoms with Crippen molar-refractivity contribution in [3.8, 4) is 0 Å². The molecule has 36 nitrogen and oxygen atoms in total. The highest BCUT2D eigenvalue weighted by atomic mass is 16.8. The number of ether oxygens (including phenoxy) is 13. The van der Waals surface area contributed by atoms with Gasteiger partial charge in [0, 0.05) is 0 Å². The van der Waals surface area contributed by atoms with Gasteiger partial charge in [-0.15, -0.1) is 0 Å². The predicted molar refractivity (Wildman–Crippen MR) is 232 cm³/mol. The molecule has 0 bridgehead atoms. The molecule has 1 unspecified atom stereocenters. The van der Waals surface area contributed by atoms with E-state index in [2.05, 4.69) is 0 Å². The summed E-state index contributed by atoms with van der Waals surface area (Å²) in [4.78, 5) is 0. The van der Waals surface area contributed by atoms with Crippen molar-refractivity contribution in [3.63, 3.8) is 0 Å². The van der Waals surface area contributed by atoms with Gasteiger partial charge in [-0.2, -0.15) is 0 Å². The molecule has 7 heterocycles. The van der Waals surface area contributed by atoms with Crippen LogP contribution in [0, 0.1) is 0 Å². The molecule has 35 atom stereocenters. The van der Waals surface area contributed by atoms with Crippen LogP contribution in [0.5, 0.6) is 0 Å². The van der Waals surface area contributed by atoms with Crippen molar-refractivity contribution in [3.05, 3.63) is 0 Å². The molecule has 0 radical (unpaired) electrons. The first-order valence-corrected chi connectivity index (χ1v) is 24.7. The Bertz CT molecular complexity index is 1810. The molecule has 23 N–H and O–H groups in total. The second kappa shape index (κ2) is 27.5. The van der Waals surface area contributed by atoms with E-state index >= 15 is 0 Å². The lowest BCUT2D eigenvalue weighted by molar-refractivity contribution is -0.383. The zero-order chi connectivity index (χ0) is 57.3.